The Kier molecular flexibility index (Phi) is 5.62. The molecule has 1 amide bonds. The van der Waals surface area contributed by atoms with E-state index in [2.05, 4.69) is 4.98 Å². The van der Waals surface area contributed by atoms with Gasteiger partial charge in [0.2, 0.25) is 5.91 Å². The van der Waals surface area contributed by atoms with Gasteiger partial charge in [0.05, 0.1) is 11.7 Å². The first-order valence-electron chi connectivity index (χ1n) is 10.4. The lowest BCUT2D eigenvalue weighted by Crippen LogP contribution is -2.37. The van der Waals surface area contributed by atoms with Crippen LogP contribution in [0.3, 0.4) is 0 Å². The number of rotatable bonds is 4. The van der Waals surface area contributed by atoms with E-state index in [9.17, 15) is 9.59 Å². The monoisotopic (exact) mass is 387 g/mol. The second-order valence-electron chi connectivity index (χ2n) is 8.20. The predicted molar refractivity (Wildman–Crippen MR) is 109 cm³/mol. The highest BCUT2D eigenvalue weighted by molar-refractivity contribution is 7.18. The van der Waals surface area contributed by atoms with E-state index in [1.807, 2.05) is 7.05 Å². The summed E-state index contributed by atoms with van der Waals surface area (Å²) in [6, 6.07) is 0. The van der Waals surface area contributed by atoms with Crippen molar-refractivity contribution >= 4 is 27.5 Å². The van der Waals surface area contributed by atoms with E-state index in [-0.39, 0.29) is 18.0 Å². The van der Waals surface area contributed by atoms with Crippen LogP contribution in [0.5, 0.6) is 0 Å². The topological polar surface area (TPSA) is 55.2 Å². The molecule has 0 unspecified atom stereocenters. The van der Waals surface area contributed by atoms with Gasteiger partial charge in [-0.05, 0) is 50.0 Å². The van der Waals surface area contributed by atoms with Crippen molar-refractivity contribution in [1.29, 1.82) is 0 Å². The lowest BCUT2D eigenvalue weighted by atomic mass is 9.89. The molecule has 0 saturated heterocycles. The van der Waals surface area contributed by atoms with Crippen LogP contribution in [0, 0.1) is 5.92 Å². The molecular formula is C21H29N3O2S. The van der Waals surface area contributed by atoms with Gasteiger partial charge in [-0.2, -0.15) is 0 Å². The van der Waals surface area contributed by atoms with E-state index in [1.165, 1.54) is 60.0 Å². The Labute approximate surface area is 164 Å². The van der Waals surface area contributed by atoms with Crippen molar-refractivity contribution in [2.24, 2.45) is 5.92 Å². The number of carbonyl (C=O) groups is 1. The molecule has 2 aliphatic carbocycles. The zero-order valence-corrected chi connectivity index (χ0v) is 17.0. The van der Waals surface area contributed by atoms with Gasteiger partial charge >= 0.3 is 0 Å². The third-order valence-corrected chi connectivity index (χ3v) is 7.38. The Bertz CT molecular complexity index is 879. The summed E-state index contributed by atoms with van der Waals surface area (Å²) >= 11 is 1.66. The molecule has 27 heavy (non-hydrogen) atoms. The number of carbonyl (C=O) groups excluding carboxylic acids is 1. The maximum Gasteiger partial charge on any atom is 0.262 e. The molecule has 6 heteroatoms. The fraction of sp³-hybridized carbons (Fsp3) is 0.667. The van der Waals surface area contributed by atoms with E-state index in [1.54, 1.807) is 22.6 Å². The van der Waals surface area contributed by atoms with Crippen molar-refractivity contribution in [2.45, 2.75) is 70.8 Å². The van der Waals surface area contributed by atoms with Crippen LogP contribution in [0.4, 0.5) is 0 Å². The molecule has 0 aliphatic heterocycles. The summed E-state index contributed by atoms with van der Waals surface area (Å²) in [7, 11) is 1.87. The van der Waals surface area contributed by atoms with Gasteiger partial charge in [0, 0.05) is 18.5 Å². The SMILES string of the molecule is CN(CC1CCCCC1)C(=O)Cn1cnc2sc3c(c2c1=O)CCCCC3. The quantitative estimate of drug-likeness (QED) is 0.751. The zero-order chi connectivity index (χ0) is 18.8. The van der Waals surface area contributed by atoms with E-state index in [4.69, 9.17) is 0 Å². The van der Waals surface area contributed by atoms with Crippen LogP contribution in [-0.4, -0.2) is 34.0 Å². The van der Waals surface area contributed by atoms with Crippen molar-refractivity contribution in [1.82, 2.24) is 14.5 Å². The molecule has 5 nitrogen and oxygen atoms in total. The number of aryl methyl sites for hydroxylation is 2. The largest absolute Gasteiger partial charge is 0.344 e. The lowest BCUT2D eigenvalue weighted by Gasteiger charge is -2.27. The van der Waals surface area contributed by atoms with Crippen LogP contribution in [0.2, 0.25) is 0 Å². The summed E-state index contributed by atoms with van der Waals surface area (Å²) in [6.07, 6.45) is 13.4. The number of aromatic nitrogens is 2. The molecule has 2 heterocycles. The van der Waals surface area contributed by atoms with Gasteiger partial charge in [-0.15, -0.1) is 11.3 Å². The average Bonchev–Trinajstić information content (AvgIpc) is 2.87. The molecule has 0 bridgehead atoms. The van der Waals surface area contributed by atoms with Crippen molar-refractivity contribution in [2.75, 3.05) is 13.6 Å². The van der Waals surface area contributed by atoms with Crippen LogP contribution in [-0.2, 0) is 24.2 Å². The number of thiophene rings is 1. The van der Waals surface area contributed by atoms with Crippen LogP contribution in [0.1, 0.15) is 61.8 Å². The fourth-order valence-electron chi connectivity index (χ4n) is 4.60. The molecular weight excluding hydrogens is 358 g/mol. The van der Waals surface area contributed by atoms with E-state index in [0.717, 1.165) is 36.0 Å². The van der Waals surface area contributed by atoms with Crippen molar-refractivity contribution in [3.8, 4) is 0 Å². The summed E-state index contributed by atoms with van der Waals surface area (Å²) in [6.45, 7) is 0.896. The number of nitrogens with zero attached hydrogens (tertiary/aromatic N) is 3. The van der Waals surface area contributed by atoms with E-state index >= 15 is 0 Å². The molecule has 2 aliphatic rings. The average molecular weight is 388 g/mol. The normalized spacial score (nSPS) is 18.3. The van der Waals surface area contributed by atoms with E-state index in [0.29, 0.717) is 5.92 Å². The number of fused-ring (bicyclic) bond motifs is 3. The Morgan fingerprint density at radius 3 is 2.74 bits per heavy atom. The minimum Gasteiger partial charge on any atom is -0.344 e. The first kappa shape index (κ1) is 18.7. The summed E-state index contributed by atoms with van der Waals surface area (Å²) in [4.78, 5) is 34.3. The van der Waals surface area contributed by atoms with Crippen LogP contribution >= 0.6 is 11.3 Å². The third kappa shape index (κ3) is 3.96. The molecule has 0 aromatic carbocycles. The summed E-state index contributed by atoms with van der Waals surface area (Å²) < 4.78 is 1.51. The highest BCUT2D eigenvalue weighted by atomic mass is 32.1. The maximum absolute atomic E-state index is 13.1. The highest BCUT2D eigenvalue weighted by Crippen LogP contribution is 2.32. The minimum atomic E-state index is -0.0428. The van der Waals surface area contributed by atoms with Gasteiger partial charge < -0.3 is 4.90 Å². The van der Waals surface area contributed by atoms with Gasteiger partial charge in [-0.25, -0.2) is 4.98 Å². The second-order valence-corrected chi connectivity index (χ2v) is 9.28. The predicted octanol–water partition coefficient (Wildman–Crippen LogP) is 3.77. The van der Waals surface area contributed by atoms with Gasteiger partial charge in [0.1, 0.15) is 11.4 Å². The van der Waals surface area contributed by atoms with Crippen molar-refractivity contribution in [3.63, 3.8) is 0 Å². The minimum absolute atomic E-state index is 0.00476. The second kappa shape index (κ2) is 8.13. The van der Waals surface area contributed by atoms with Gasteiger partial charge in [-0.3, -0.25) is 14.2 Å². The Balaban J connectivity index is 1.53. The Morgan fingerprint density at radius 1 is 1.19 bits per heavy atom. The van der Waals surface area contributed by atoms with Gasteiger partial charge in [-0.1, -0.05) is 25.7 Å². The molecule has 0 radical (unpaired) electrons. The molecule has 2 aromatic rings. The number of hydrogen-bond acceptors (Lipinski definition) is 4. The standard InChI is InChI=1S/C21H29N3O2S/c1-23(12-15-8-4-2-5-9-15)18(25)13-24-14-22-20-19(21(24)26)16-10-6-3-7-11-17(16)27-20/h14-15H,2-13H2,1H3. The first-order chi connectivity index (χ1) is 13.1. The molecule has 2 aromatic heterocycles. The molecule has 0 spiro atoms. The van der Waals surface area contributed by atoms with Crippen LogP contribution < -0.4 is 5.56 Å². The van der Waals surface area contributed by atoms with Crippen molar-refractivity contribution in [3.05, 3.63) is 27.1 Å². The highest BCUT2D eigenvalue weighted by Gasteiger charge is 2.21. The summed E-state index contributed by atoms with van der Waals surface area (Å²) in [5, 5.41) is 0.766. The number of hydrogen-bond donors (Lipinski definition) is 0. The summed E-state index contributed by atoms with van der Waals surface area (Å²) in [5.41, 5.74) is 1.15. The van der Waals surface area contributed by atoms with Gasteiger partial charge in [0.15, 0.2) is 0 Å². The maximum atomic E-state index is 13.1. The molecule has 1 saturated carbocycles. The van der Waals surface area contributed by atoms with Crippen molar-refractivity contribution < 1.29 is 4.79 Å². The third-order valence-electron chi connectivity index (χ3n) is 6.18. The first-order valence-corrected chi connectivity index (χ1v) is 11.2. The lowest BCUT2D eigenvalue weighted by molar-refractivity contribution is -0.131. The van der Waals surface area contributed by atoms with Crippen LogP contribution in [0.15, 0.2) is 11.1 Å². The molecule has 0 N–H and O–H groups in total. The fourth-order valence-corrected chi connectivity index (χ4v) is 5.82. The molecule has 0 atom stereocenters. The number of likely N-dealkylation sites (N-methyl/N-ethyl adjacent to an activating group) is 1. The van der Waals surface area contributed by atoms with E-state index < -0.39 is 0 Å². The number of amides is 1. The molecule has 4 rings (SSSR count). The zero-order valence-electron chi connectivity index (χ0n) is 16.2. The molecule has 1 fully saturated rings. The molecule has 146 valence electrons. The van der Waals surface area contributed by atoms with Gasteiger partial charge in [0.25, 0.3) is 5.56 Å². The van der Waals surface area contributed by atoms with Crippen LogP contribution in [0.25, 0.3) is 10.2 Å². The summed E-state index contributed by atoms with van der Waals surface area (Å²) in [5.74, 6) is 0.614. The smallest absolute Gasteiger partial charge is 0.262 e. The Hall–Kier alpha value is -1.69. The Morgan fingerprint density at radius 2 is 1.93 bits per heavy atom.